The van der Waals surface area contributed by atoms with Gasteiger partial charge in [-0.2, -0.15) is 0 Å². The number of aliphatic carboxylic acids is 1. The maximum Gasteiger partial charge on any atom is 0.136 e. The third-order valence-corrected chi connectivity index (χ3v) is 4.61. The SMILES string of the molecule is O=C([O-])[C@H](N=c1cc(-c2ccccc2)oc2ccc(Cl)cc12)c1ccccc1. The average Bonchev–Trinajstić information content (AvgIpc) is 2.73. The molecule has 138 valence electrons. The first-order valence-corrected chi connectivity index (χ1v) is 9.08. The van der Waals surface area contributed by atoms with Crippen LogP contribution in [-0.4, -0.2) is 5.97 Å². The highest BCUT2D eigenvalue weighted by molar-refractivity contribution is 6.31. The van der Waals surface area contributed by atoms with Crippen molar-refractivity contribution in [3.63, 3.8) is 0 Å². The van der Waals surface area contributed by atoms with Crippen molar-refractivity contribution in [1.29, 1.82) is 0 Å². The summed E-state index contributed by atoms with van der Waals surface area (Å²) >= 11 is 6.15. The predicted molar refractivity (Wildman–Crippen MR) is 106 cm³/mol. The average molecular weight is 389 g/mol. The van der Waals surface area contributed by atoms with Gasteiger partial charge in [0.2, 0.25) is 0 Å². The number of carbonyl (C=O) groups is 1. The minimum atomic E-state index is -1.27. The lowest BCUT2D eigenvalue weighted by Crippen LogP contribution is -2.30. The summed E-state index contributed by atoms with van der Waals surface area (Å²) in [5, 5.41) is 13.4. The zero-order chi connectivity index (χ0) is 19.5. The van der Waals surface area contributed by atoms with E-state index in [9.17, 15) is 9.90 Å². The number of nitrogens with zero attached hydrogens (tertiary/aromatic N) is 1. The fourth-order valence-corrected chi connectivity index (χ4v) is 3.20. The van der Waals surface area contributed by atoms with E-state index < -0.39 is 12.0 Å². The van der Waals surface area contributed by atoms with Gasteiger partial charge >= 0.3 is 0 Å². The summed E-state index contributed by atoms with van der Waals surface area (Å²) < 4.78 is 6.01. The molecule has 0 saturated heterocycles. The third-order valence-electron chi connectivity index (χ3n) is 4.37. The lowest BCUT2D eigenvalue weighted by Gasteiger charge is -2.14. The topological polar surface area (TPSA) is 65.6 Å². The summed E-state index contributed by atoms with van der Waals surface area (Å²) in [6.45, 7) is 0. The van der Waals surface area contributed by atoms with E-state index in [2.05, 4.69) is 4.99 Å². The van der Waals surface area contributed by atoms with E-state index >= 15 is 0 Å². The van der Waals surface area contributed by atoms with Crippen molar-refractivity contribution >= 4 is 28.5 Å². The molecule has 0 spiro atoms. The number of fused-ring (bicyclic) bond motifs is 1. The second kappa shape index (κ2) is 7.71. The Morgan fingerprint density at radius 2 is 1.61 bits per heavy atom. The Kier molecular flexibility index (Phi) is 4.96. The smallest absolute Gasteiger partial charge is 0.136 e. The van der Waals surface area contributed by atoms with Crippen LogP contribution in [0.25, 0.3) is 22.3 Å². The van der Waals surface area contributed by atoms with Crippen LogP contribution >= 0.6 is 11.6 Å². The summed E-state index contributed by atoms with van der Waals surface area (Å²) in [6.07, 6.45) is 0. The number of halogens is 1. The van der Waals surface area contributed by atoms with E-state index in [0.717, 1.165) is 5.56 Å². The Balaban J connectivity index is 1.99. The molecule has 4 nitrogen and oxygen atoms in total. The normalized spacial score (nSPS) is 12.8. The van der Waals surface area contributed by atoms with Gasteiger partial charge in [0.25, 0.3) is 0 Å². The Bertz CT molecular complexity index is 1200. The minimum Gasteiger partial charge on any atom is -0.547 e. The molecule has 1 aromatic heterocycles. The van der Waals surface area contributed by atoms with Crippen molar-refractivity contribution in [3.05, 3.63) is 101 Å². The highest BCUT2D eigenvalue weighted by atomic mass is 35.5. The predicted octanol–water partition coefficient (Wildman–Crippen LogP) is 4.15. The van der Waals surface area contributed by atoms with E-state index in [0.29, 0.717) is 32.7 Å². The summed E-state index contributed by atoms with van der Waals surface area (Å²) in [4.78, 5) is 16.3. The van der Waals surface area contributed by atoms with Gasteiger partial charge in [0, 0.05) is 22.0 Å². The van der Waals surface area contributed by atoms with Crippen molar-refractivity contribution < 1.29 is 14.3 Å². The lowest BCUT2D eigenvalue weighted by atomic mass is 10.1. The lowest BCUT2D eigenvalue weighted by molar-refractivity contribution is -0.307. The molecule has 0 radical (unpaired) electrons. The molecule has 28 heavy (non-hydrogen) atoms. The monoisotopic (exact) mass is 388 g/mol. The van der Waals surface area contributed by atoms with Crippen LogP contribution in [0.15, 0.2) is 94.3 Å². The van der Waals surface area contributed by atoms with Crippen LogP contribution in [0.5, 0.6) is 0 Å². The summed E-state index contributed by atoms with van der Waals surface area (Å²) in [7, 11) is 0. The molecule has 4 aromatic rings. The Labute approximate surface area is 166 Å². The van der Waals surface area contributed by atoms with Crippen LogP contribution in [0.1, 0.15) is 11.6 Å². The second-order valence-electron chi connectivity index (χ2n) is 6.26. The first-order valence-electron chi connectivity index (χ1n) is 8.70. The molecule has 5 heteroatoms. The zero-order valence-corrected chi connectivity index (χ0v) is 15.5. The van der Waals surface area contributed by atoms with E-state index in [1.54, 1.807) is 48.5 Å². The molecule has 0 bridgehead atoms. The molecule has 0 unspecified atom stereocenters. The summed E-state index contributed by atoms with van der Waals surface area (Å²) in [5.41, 5.74) is 1.97. The molecular formula is C23H15ClNO3-. The van der Waals surface area contributed by atoms with E-state index in [1.807, 2.05) is 36.4 Å². The maximum atomic E-state index is 11.8. The van der Waals surface area contributed by atoms with Crippen LogP contribution in [0, 0.1) is 0 Å². The molecule has 0 aliphatic rings. The van der Waals surface area contributed by atoms with Crippen molar-refractivity contribution in [3.8, 4) is 11.3 Å². The highest BCUT2D eigenvalue weighted by Gasteiger charge is 2.13. The minimum absolute atomic E-state index is 0.473. The van der Waals surface area contributed by atoms with Gasteiger partial charge < -0.3 is 14.3 Å². The zero-order valence-electron chi connectivity index (χ0n) is 14.7. The molecule has 0 aliphatic heterocycles. The van der Waals surface area contributed by atoms with Crippen molar-refractivity contribution in [2.45, 2.75) is 6.04 Å². The first-order chi connectivity index (χ1) is 13.6. The van der Waals surface area contributed by atoms with Gasteiger partial charge in [-0.05, 0) is 23.8 Å². The molecule has 0 aliphatic carbocycles. The van der Waals surface area contributed by atoms with Crippen molar-refractivity contribution in [2.24, 2.45) is 4.99 Å². The molecule has 4 rings (SSSR count). The number of hydrogen-bond acceptors (Lipinski definition) is 4. The quantitative estimate of drug-likeness (QED) is 0.527. The standard InChI is InChI=1S/C23H16ClNO3/c24-17-11-12-20-18(13-17)19(14-21(28-20)15-7-3-1-4-8-15)25-22(23(26)27)16-9-5-2-6-10-16/h1-14,22H,(H,26,27)/p-1/t22-/m1/s1. The highest BCUT2D eigenvalue weighted by Crippen LogP contribution is 2.25. The fourth-order valence-electron chi connectivity index (χ4n) is 3.03. The van der Waals surface area contributed by atoms with Crippen molar-refractivity contribution in [1.82, 2.24) is 0 Å². The molecule has 1 heterocycles. The van der Waals surface area contributed by atoms with Gasteiger partial charge in [-0.1, -0.05) is 72.3 Å². The molecule has 1 atom stereocenters. The number of rotatable bonds is 4. The molecular weight excluding hydrogens is 374 g/mol. The largest absolute Gasteiger partial charge is 0.547 e. The third kappa shape index (κ3) is 3.68. The van der Waals surface area contributed by atoms with Gasteiger partial charge in [-0.3, -0.25) is 4.99 Å². The molecule has 3 aromatic carbocycles. The Morgan fingerprint density at radius 1 is 0.929 bits per heavy atom. The Hall–Kier alpha value is -3.37. The number of carboxylic acid groups (broad SMARTS) is 1. The van der Waals surface area contributed by atoms with Gasteiger partial charge in [-0.25, -0.2) is 0 Å². The van der Waals surface area contributed by atoms with Gasteiger partial charge in [0.15, 0.2) is 0 Å². The number of carbonyl (C=O) groups excluding carboxylic acids is 1. The van der Waals surface area contributed by atoms with Crippen LogP contribution < -0.4 is 10.5 Å². The molecule has 0 saturated carbocycles. The first kappa shape index (κ1) is 18.0. The van der Waals surface area contributed by atoms with Crippen LogP contribution in [0.2, 0.25) is 5.02 Å². The van der Waals surface area contributed by atoms with Crippen LogP contribution in [-0.2, 0) is 4.79 Å². The Morgan fingerprint density at radius 3 is 2.29 bits per heavy atom. The van der Waals surface area contributed by atoms with Crippen LogP contribution in [0.3, 0.4) is 0 Å². The van der Waals surface area contributed by atoms with E-state index in [4.69, 9.17) is 16.0 Å². The van der Waals surface area contributed by atoms with Gasteiger partial charge in [0.05, 0.1) is 11.3 Å². The molecule has 0 N–H and O–H groups in total. The summed E-state index contributed by atoms with van der Waals surface area (Å²) in [6, 6.07) is 24.1. The van der Waals surface area contributed by atoms with Crippen LogP contribution in [0.4, 0.5) is 0 Å². The van der Waals surface area contributed by atoms with E-state index in [-0.39, 0.29) is 0 Å². The second-order valence-corrected chi connectivity index (χ2v) is 6.70. The van der Waals surface area contributed by atoms with Gasteiger partial charge in [0.1, 0.15) is 17.4 Å². The van der Waals surface area contributed by atoms with Crippen molar-refractivity contribution in [2.75, 3.05) is 0 Å². The maximum absolute atomic E-state index is 11.8. The fraction of sp³-hybridized carbons (Fsp3) is 0.0435. The van der Waals surface area contributed by atoms with Gasteiger partial charge in [-0.15, -0.1) is 0 Å². The number of hydrogen-bond donors (Lipinski definition) is 0. The number of carboxylic acids is 1. The van der Waals surface area contributed by atoms with E-state index in [1.165, 1.54) is 0 Å². The number of benzene rings is 3. The molecule has 0 fully saturated rings. The summed E-state index contributed by atoms with van der Waals surface area (Å²) in [5.74, 6) is -0.692. The molecule has 0 amide bonds.